The number of aliphatic hydroxyl groups is 2. The van der Waals surface area contributed by atoms with Crippen molar-refractivity contribution in [3.8, 4) is 0 Å². The lowest BCUT2D eigenvalue weighted by Crippen LogP contribution is -2.49. The first-order valence-corrected chi connectivity index (χ1v) is 7.81. The van der Waals surface area contributed by atoms with E-state index in [9.17, 15) is 19.5 Å². The summed E-state index contributed by atoms with van der Waals surface area (Å²) in [6, 6.07) is -1.83. The van der Waals surface area contributed by atoms with Gasteiger partial charge in [0.05, 0.1) is 32.5 Å². The lowest BCUT2D eigenvalue weighted by Gasteiger charge is -2.18. The second-order valence-electron chi connectivity index (χ2n) is 5.17. The molecule has 0 spiro atoms. The maximum atomic E-state index is 11.7. The van der Waals surface area contributed by atoms with Crippen molar-refractivity contribution >= 4 is 17.7 Å². The number of rotatable bonds is 14. The quantitative estimate of drug-likeness (QED) is 0.170. The molecule has 0 heterocycles. The van der Waals surface area contributed by atoms with Crippen LogP contribution in [-0.2, 0) is 23.9 Å². The molecule has 0 aromatic carbocycles. The third-order valence-electron chi connectivity index (χ3n) is 3.09. The van der Waals surface area contributed by atoms with E-state index >= 15 is 0 Å². The molecule has 0 bridgehead atoms. The summed E-state index contributed by atoms with van der Waals surface area (Å²) in [6.45, 7) is 1.47. The predicted molar refractivity (Wildman–Crippen MR) is 87.4 cm³/mol. The summed E-state index contributed by atoms with van der Waals surface area (Å²) < 4.78 is 10.2. The van der Waals surface area contributed by atoms with Gasteiger partial charge in [0.25, 0.3) is 0 Å². The topological polar surface area (TPSA) is 172 Å². The van der Waals surface area contributed by atoms with Crippen LogP contribution in [-0.4, -0.2) is 92.7 Å². The third-order valence-corrected chi connectivity index (χ3v) is 3.09. The van der Waals surface area contributed by atoms with Gasteiger partial charge in [-0.25, -0.2) is 0 Å². The molecule has 0 aliphatic carbocycles. The molecular weight excluding hydrogens is 336 g/mol. The fourth-order valence-electron chi connectivity index (χ4n) is 1.78. The predicted octanol–water partition coefficient (Wildman–Crippen LogP) is -3.93. The highest BCUT2D eigenvalue weighted by molar-refractivity contribution is 5.87. The molecule has 0 fully saturated rings. The van der Waals surface area contributed by atoms with E-state index in [-0.39, 0.29) is 38.9 Å². The van der Waals surface area contributed by atoms with Crippen molar-refractivity contribution in [2.24, 2.45) is 5.73 Å². The van der Waals surface area contributed by atoms with Crippen molar-refractivity contribution in [1.29, 1.82) is 0 Å². The second-order valence-corrected chi connectivity index (χ2v) is 5.17. The highest BCUT2D eigenvalue weighted by atomic mass is 16.5. The molecule has 0 rings (SSSR count). The Bertz CT molecular complexity index is 420. The number of amides is 3. The molecule has 11 nitrogen and oxygen atoms in total. The van der Waals surface area contributed by atoms with E-state index < -0.39 is 36.6 Å². The van der Waals surface area contributed by atoms with Crippen LogP contribution in [0.5, 0.6) is 0 Å². The number of nitrogens with one attached hydrogen (secondary N) is 3. The van der Waals surface area contributed by atoms with Crippen molar-refractivity contribution in [2.75, 3.05) is 46.6 Å². The van der Waals surface area contributed by atoms with Crippen LogP contribution in [0.1, 0.15) is 6.92 Å². The largest absolute Gasteiger partial charge is 0.394 e. The first-order valence-electron chi connectivity index (χ1n) is 7.81. The van der Waals surface area contributed by atoms with Gasteiger partial charge in [-0.2, -0.15) is 0 Å². The van der Waals surface area contributed by atoms with Gasteiger partial charge < -0.3 is 41.4 Å². The Morgan fingerprint density at radius 2 is 1.80 bits per heavy atom. The SMILES string of the molecule is CNC(C(=O)NCCOCCOCC(=O)NC(CO)C(N)=O)C(C)O. The highest BCUT2D eigenvalue weighted by Gasteiger charge is 2.20. The van der Waals surface area contributed by atoms with Gasteiger partial charge in [-0.3, -0.25) is 14.4 Å². The minimum atomic E-state index is -1.14. The van der Waals surface area contributed by atoms with Gasteiger partial charge in [-0.1, -0.05) is 0 Å². The summed E-state index contributed by atoms with van der Waals surface area (Å²) >= 11 is 0. The number of carbonyl (C=O) groups excluding carboxylic acids is 3. The van der Waals surface area contributed by atoms with Crippen LogP contribution in [0.15, 0.2) is 0 Å². The standard InChI is InChI=1S/C14H28N4O7/c1-9(20)12(16-2)14(23)17-3-4-24-5-6-25-8-11(21)18-10(7-19)13(15)22/h9-10,12,16,19-20H,3-8H2,1-2H3,(H2,15,22)(H,17,23)(H,18,21). The fraction of sp³-hybridized carbons (Fsp3) is 0.786. The molecule has 11 heteroatoms. The number of likely N-dealkylation sites (N-methyl/N-ethyl adjacent to an activating group) is 1. The molecule has 0 saturated heterocycles. The Morgan fingerprint density at radius 3 is 2.32 bits per heavy atom. The third kappa shape index (κ3) is 10.6. The number of ether oxygens (including phenoxy) is 2. The van der Waals surface area contributed by atoms with Gasteiger partial charge in [-0.15, -0.1) is 0 Å². The Hall–Kier alpha value is -1.79. The molecule has 0 aliphatic heterocycles. The molecule has 3 unspecified atom stereocenters. The molecular formula is C14H28N4O7. The van der Waals surface area contributed by atoms with E-state index in [1.54, 1.807) is 7.05 Å². The summed E-state index contributed by atoms with van der Waals surface area (Å²) in [7, 11) is 1.58. The summed E-state index contributed by atoms with van der Waals surface area (Å²) in [5.41, 5.74) is 4.96. The van der Waals surface area contributed by atoms with Crippen molar-refractivity contribution in [3.63, 3.8) is 0 Å². The minimum absolute atomic E-state index is 0.133. The molecule has 0 aromatic rings. The second kappa shape index (κ2) is 13.5. The monoisotopic (exact) mass is 364 g/mol. The maximum absolute atomic E-state index is 11.7. The zero-order valence-corrected chi connectivity index (χ0v) is 14.5. The van der Waals surface area contributed by atoms with E-state index in [1.165, 1.54) is 6.92 Å². The zero-order chi connectivity index (χ0) is 19.2. The number of aliphatic hydroxyl groups excluding tert-OH is 2. The van der Waals surface area contributed by atoms with Crippen molar-refractivity contribution in [1.82, 2.24) is 16.0 Å². The van der Waals surface area contributed by atoms with E-state index in [4.69, 9.17) is 20.3 Å². The molecule has 0 aromatic heterocycles. The lowest BCUT2D eigenvalue weighted by molar-refractivity contribution is -0.131. The molecule has 3 amide bonds. The Kier molecular flexibility index (Phi) is 12.5. The maximum Gasteiger partial charge on any atom is 0.246 e. The van der Waals surface area contributed by atoms with E-state index in [2.05, 4.69) is 16.0 Å². The van der Waals surface area contributed by atoms with Crippen LogP contribution < -0.4 is 21.7 Å². The zero-order valence-electron chi connectivity index (χ0n) is 14.5. The Labute approximate surface area is 146 Å². The average Bonchev–Trinajstić information content (AvgIpc) is 2.54. The van der Waals surface area contributed by atoms with Gasteiger partial charge in [0.1, 0.15) is 18.7 Å². The van der Waals surface area contributed by atoms with Crippen LogP contribution in [0.25, 0.3) is 0 Å². The fourth-order valence-corrected chi connectivity index (χ4v) is 1.78. The van der Waals surface area contributed by atoms with Gasteiger partial charge in [0.2, 0.25) is 17.7 Å². The molecule has 3 atom stereocenters. The molecule has 146 valence electrons. The highest BCUT2D eigenvalue weighted by Crippen LogP contribution is 1.91. The van der Waals surface area contributed by atoms with Gasteiger partial charge in [0.15, 0.2) is 0 Å². The molecule has 0 radical (unpaired) electrons. The van der Waals surface area contributed by atoms with E-state index in [1.807, 2.05) is 0 Å². The van der Waals surface area contributed by atoms with Crippen LogP contribution in [0.3, 0.4) is 0 Å². The van der Waals surface area contributed by atoms with Crippen LogP contribution in [0.4, 0.5) is 0 Å². The van der Waals surface area contributed by atoms with Crippen LogP contribution >= 0.6 is 0 Å². The molecule has 0 saturated carbocycles. The number of primary amides is 1. The molecule has 25 heavy (non-hydrogen) atoms. The summed E-state index contributed by atoms with van der Waals surface area (Å²) in [5.74, 6) is -1.75. The van der Waals surface area contributed by atoms with Crippen LogP contribution in [0.2, 0.25) is 0 Å². The van der Waals surface area contributed by atoms with E-state index in [0.29, 0.717) is 0 Å². The van der Waals surface area contributed by atoms with Gasteiger partial charge in [0, 0.05) is 6.54 Å². The normalized spacial score (nSPS) is 14.4. The van der Waals surface area contributed by atoms with Crippen LogP contribution in [0, 0.1) is 0 Å². The molecule has 0 aliphatic rings. The van der Waals surface area contributed by atoms with Gasteiger partial charge in [-0.05, 0) is 14.0 Å². The van der Waals surface area contributed by atoms with E-state index in [0.717, 1.165) is 0 Å². The number of carbonyl (C=O) groups is 3. The minimum Gasteiger partial charge on any atom is -0.394 e. The first-order chi connectivity index (χ1) is 11.8. The lowest BCUT2D eigenvalue weighted by atomic mass is 10.2. The Morgan fingerprint density at radius 1 is 1.16 bits per heavy atom. The van der Waals surface area contributed by atoms with Crippen molar-refractivity contribution in [3.05, 3.63) is 0 Å². The first kappa shape index (κ1) is 23.2. The number of nitrogens with two attached hydrogens (primary N) is 1. The summed E-state index contributed by atoms with van der Waals surface area (Å²) in [6.07, 6.45) is -0.814. The summed E-state index contributed by atoms with van der Waals surface area (Å²) in [5, 5.41) is 25.7. The van der Waals surface area contributed by atoms with Crippen molar-refractivity contribution in [2.45, 2.75) is 25.1 Å². The molecule has 7 N–H and O–H groups in total. The van der Waals surface area contributed by atoms with Crippen molar-refractivity contribution < 1.29 is 34.1 Å². The smallest absolute Gasteiger partial charge is 0.246 e. The summed E-state index contributed by atoms with van der Waals surface area (Å²) in [4.78, 5) is 33.9. The van der Waals surface area contributed by atoms with Gasteiger partial charge >= 0.3 is 0 Å². The number of hydrogen-bond donors (Lipinski definition) is 6. The Balaban J connectivity index is 3.66. The average molecular weight is 364 g/mol. The number of hydrogen-bond acceptors (Lipinski definition) is 8.